The van der Waals surface area contributed by atoms with Gasteiger partial charge in [-0.2, -0.15) is 0 Å². The molecule has 3 fully saturated rings. The Bertz CT molecular complexity index is 281. The van der Waals surface area contributed by atoms with Crippen molar-refractivity contribution < 1.29 is 0 Å². The van der Waals surface area contributed by atoms with Crippen LogP contribution >= 0.6 is 0 Å². The van der Waals surface area contributed by atoms with E-state index >= 15 is 0 Å². The summed E-state index contributed by atoms with van der Waals surface area (Å²) in [7, 11) is 0. The lowest BCUT2D eigenvalue weighted by Crippen LogP contribution is -2.67. The van der Waals surface area contributed by atoms with Crippen LogP contribution in [0.3, 0.4) is 0 Å². The van der Waals surface area contributed by atoms with Gasteiger partial charge in [-0.1, -0.05) is 20.3 Å². The Morgan fingerprint density at radius 2 is 1.88 bits per heavy atom. The summed E-state index contributed by atoms with van der Waals surface area (Å²) in [6.07, 6.45) is 7.26. The summed E-state index contributed by atoms with van der Waals surface area (Å²) in [5.74, 6) is 1.74. The van der Waals surface area contributed by atoms with E-state index in [9.17, 15) is 0 Å². The zero-order valence-corrected chi connectivity index (χ0v) is 11.7. The third-order valence-corrected chi connectivity index (χ3v) is 5.44. The molecule has 1 N–H and O–H groups in total. The highest BCUT2D eigenvalue weighted by Crippen LogP contribution is 2.43. The van der Waals surface area contributed by atoms with Crippen LogP contribution in [0.5, 0.6) is 0 Å². The van der Waals surface area contributed by atoms with Crippen LogP contribution < -0.4 is 5.32 Å². The van der Waals surface area contributed by atoms with Crippen molar-refractivity contribution in [3.8, 4) is 0 Å². The average Bonchev–Trinajstić information content (AvgIpc) is 2.97. The standard InChI is InChI=1S/C15H28N2/c1-11(2)14-9-16-15(3,12-7-8-12)10-17(14)13-5-4-6-13/h11-14,16H,4-10H2,1-3H3. The summed E-state index contributed by atoms with van der Waals surface area (Å²) in [6, 6.07) is 1.68. The maximum Gasteiger partial charge on any atom is 0.0309 e. The fourth-order valence-corrected chi connectivity index (χ4v) is 3.74. The summed E-state index contributed by atoms with van der Waals surface area (Å²) >= 11 is 0. The number of hydrogen-bond donors (Lipinski definition) is 1. The molecule has 0 aromatic heterocycles. The van der Waals surface area contributed by atoms with Crippen molar-refractivity contribution in [2.75, 3.05) is 13.1 Å². The SMILES string of the molecule is CC(C)C1CNC(C)(C2CC2)CN1C1CCC1. The third kappa shape index (κ3) is 2.15. The summed E-state index contributed by atoms with van der Waals surface area (Å²) in [6.45, 7) is 9.74. The molecule has 2 unspecified atom stereocenters. The number of hydrogen-bond acceptors (Lipinski definition) is 2. The minimum atomic E-state index is 0.418. The van der Waals surface area contributed by atoms with E-state index in [1.807, 2.05) is 0 Å². The third-order valence-electron chi connectivity index (χ3n) is 5.44. The van der Waals surface area contributed by atoms with E-state index in [2.05, 4.69) is 31.0 Å². The Kier molecular flexibility index (Phi) is 2.99. The fourth-order valence-electron chi connectivity index (χ4n) is 3.74. The summed E-state index contributed by atoms with van der Waals surface area (Å²) in [4.78, 5) is 2.86. The molecule has 0 bridgehead atoms. The van der Waals surface area contributed by atoms with Crippen LogP contribution in [0.2, 0.25) is 0 Å². The van der Waals surface area contributed by atoms with Gasteiger partial charge in [0.1, 0.15) is 0 Å². The second-order valence-electron chi connectivity index (χ2n) is 7.14. The van der Waals surface area contributed by atoms with Crippen LogP contribution in [-0.4, -0.2) is 35.6 Å². The first-order chi connectivity index (χ1) is 8.10. The quantitative estimate of drug-likeness (QED) is 0.810. The molecular formula is C15H28N2. The molecular weight excluding hydrogens is 208 g/mol. The molecule has 0 aromatic carbocycles. The van der Waals surface area contributed by atoms with Gasteiger partial charge in [-0.3, -0.25) is 4.90 Å². The van der Waals surface area contributed by atoms with Gasteiger partial charge in [-0.25, -0.2) is 0 Å². The first-order valence-corrected chi connectivity index (χ1v) is 7.61. The van der Waals surface area contributed by atoms with Gasteiger partial charge >= 0.3 is 0 Å². The van der Waals surface area contributed by atoms with E-state index in [4.69, 9.17) is 0 Å². The molecule has 2 heteroatoms. The summed E-state index contributed by atoms with van der Waals surface area (Å²) < 4.78 is 0. The highest BCUT2D eigenvalue weighted by atomic mass is 15.3. The summed E-state index contributed by atoms with van der Waals surface area (Å²) in [5.41, 5.74) is 0.418. The smallest absolute Gasteiger partial charge is 0.0309 e. The van der Waals surface area contributed by atoms with E-state index < -0.39 is 0 Å². The van der Waals surface area contributed by atoms with Crippen molar-refractivity contribution in [2.45, 2.75) is 70.5 Å². The van der Waals surface area contributed by atoms with E-state index in [-0.39, 0.29) is 0 Å². The maximum absolute atomic E-state index is 3.88. The van der Waals surface area contributed by atoms with Crippen LogP contribution in [0.25, 0.3) is 0 Å². The van der Waals surface area contributed by atoms with Gasteiger partial charge in [0.05, 0.1) is 0 Å². The predicted molar refractivity (Wildman–Crippen MR) is 72.1 cm³/mol. The Morgan fingerprint density at radius 3 is 2.35 bits per heavy atom. The Balaban J connectivity index is 1.73. The van der Waals surface area contributed by atoms with E-state index in [1.54, 1.807) is 0 Å². The molecule has 3 aliphatic rings. The van der Waals surface area contributed by atoms with E-state index in [0.29, 0.717) is 5.54 Å². The van der Waals surface area contributed by atoms with Gasteiger partial charge in [0.15, 0.2) is 0 Å². The van der Waals surface area contributed by atoms with Gasteiger partial charge in [0.2, 0.25) is 0 Å². The van der Waals surface area contributed by atoms with E-state index in [1.165, 1.54) is 45.2 Å². The van der Waals surface area contributed by atoms with Crippen molar-refractivity contribution >= 4 is 0 Å². The molecule has 0 aromatic rings. The lowest BCUT2D eigenvalue weighted by molar-refractivity contribution is -0.00789. The van der Waals surface area contributed by atoms with Gasteiger partial charge in [-0.05, 0) is 44.4 Å². The molecule has 17 heavy (non-hydrogen) atoms. The van der Waals surface area contributed by atoms with Crippen molar-refractivity contribution in [2.24, 2.45) is 11.8 Å². The normalized spacial score (nSPS) is 40.6. The Labute approximate surface area is 106 Å². The molecule has 0 spiro atoms. The fraction of sp³-hybridized carbons (Fsp3) is 1.00. The van der Waals surface area contributed by atoms with Crippen LogP contribution in [0.4, 0.5) is 0 Å². The molecule has 98 valence electrons. The minimum Gasteiger partial charge on any atom is -0.308 e. The number of rotatable bonds is 3. The monoisotopic (exact) mass is 236 g/mol. The van der Waals surface area contributed by atoms with Crippen LogP contribution in [0.15, 0.2) is 0 Å². The highest BCUT2D eigenvalue weighted by molar-refractivity contribution is 5.06. The van der Waals surface area contributed by atoms with E-state index in [0.717, 1.165) is 23.9 Å². The lowest BCUT2D eigenvalue weighted by Gasteiger charge is -2.53. The van der Waals surface area contributed by atoms with Crippen LogP contribution in [0.1, 0.15) is 52.9 Å². The molecule has 3 rings (SSSR count). The lowest BCUT2D eigenvalue weighted by atomic mass is 9.82. The summed E-state index contributed by atoms with van der Waals surface area (Å²) in [5, 5.41) is 3.88. The zero-order chi connectivity index (χ0) is 12.0. The Hall–Kier alpha value is -0.0800. The second-order valence-corrected chi connectivity index (χ2v) is 7.14. The molecule has 1 aliphatic heterocycles. The molecule has 2 atom stereocenters. The first kappa shape index (κ1) is 12.0. The number of nitrogens with one attached hydrogen (secondary N) is 1. The largest absolute Gasteiger partial charge is 0.308 e. The molecule has 2 nitrogen and oxygen atoms in total. The molecule has 1 heterocycles. The molecule has 2 aliphatic carbocycles. The topological polar surface area (TPSA) is 15.3 Å². The molecule has 0 radical (unpaired) electrons. The molecule has 2 saturated carbocycles. The number of nitrogens with zero attached hydrogens (tertiary/aromatic N) is 1. The zero-order valence-electron chi connectivity index (χ0n) is 11.7. The van der Waals surface area contributed by atoms with Crippen molar-refractivity contribution in [3.63, 3.8) is 0 Å². The molecule has 0 amide bonds. The maximum atomic E-state index is 3.88. The predicted octanol–water partition coefficient (Wildman–Crippen LogP) is 2.64. The first-order valence-electron chi connectivity index (χ1n) is 7.61. The van der Waals surface area contributed by atoms with Crippen LogP contribution in [-0.2, 0) is 0 Å². The van der Waals surface area contributed by atoms with Crippen molar-refractivity contribution in [1.29, 1.82) is 0 Å². The van der Waals surface area contributed by atoms with Gasteiger partial charge in [-0.15, -0.1) is 0 Å². The average molecular weight is 236 g/mol. The van der Waals surface area contributed by atoms with Crippen molar-refractivity contribution in [1.82, 2.24) is 10.2 Å². The van der Waals surface area contributed by atoms with Crippen LogP contribution in [0, 0.1) is 11.8 Å². The second kappa shape index (κ2) is 4.24. The van der Waals surface area contributed by atoms with Gasteiger partial charge < -0.3 is 5.32 Å². The van der Waals surface area contributed by atoms with Gasteiger partial charge in [0, 0.05) is 30.7 Å². The molecule has 1 saturated heterocycles. The Morgan fingerprint density at radius 1 is 1.18 bits per heavy atom. The van der Waals surface area contributed by atoms with Gasteiger partial charge in [0.25, 0.3) is 0 Å². The number of piperazine rings is 1. The minimum absolute atomic E-state index is 0.418. The highest BCUT2D eigenvalue weighted by Gasteiger charge is 2.48. The van der Waals surface area contributed by atoms with Crippen molar-refractivity contribution in [3.05, 3.63) is 0 Å².